The van der Waals surface area contributed by atoms with E-state index in [0.717, 1.165) is 10.1 Å². The van der Waals surface area contributed by atoms with Crippen molar-refractivity contribution >= 4 is 33.2 Å². The molecule has 0 spiro atoms. The number of oxime groups is 1. The molecule has 0 bridgehead atoms. The summed E-state index contributed by atoms with van der Waals surface area (Å²) in [5.74, 6) is -0.203. The van der Waals surface area contributed by atoms with Gasteiger partial charge in [-0.25, -0.2) is 0 Å². The first-order valence-corrected chi connectivity index (χ1v) is 6.79. The number of thiophene rings is 1. The number of amides is 1. The van der Waals surface area contributed by atoms with Gasteiger partial charge in [0.2, 0.25) is 0 Å². The van der Waals surface area contributed by atoms with Gasteiger partial charge in [-0.3, -0.25) is 4.79 Å². The largest absolute Gasteiger partial charge is 0.409 e. The summed E-state index contributed by atoms with van der Waals surface area (Å²) in [5.41, 5.74) is 6.15. The molecule has 1 aromatic heterocycles. The molecule has 1 unspecified atom stereocenters. The second kappa shape index (κ2) is 5.71. The van der Waals surface area contributed by atoms with Crippen molar-refractivity contribution in [2.45, 2.75) is 19.4 Å². The van der Waals surface area contributed by atoms with E-state index in [9.17, 15) is 4.79 Å². The van der Waals surface area contributed by atoms with Gasteiger partial charge in [-0.05, 0) is 12.5 Å². The van der Waals surface area contributed by atoms with Gasteiger partial charge in [0.25, 0.3) is 5.91 Å². The fraction of sp³-hybridized carbons (Fsp3) is 0.231. The molecular weight excluding hydrogens is 262 g/mol. The van der Waals surface area contributed by atoms with Crippen molar-refractivity contribution in [1.29, 1.82) is 0 Å². The predicted octanol–water partition coefficient (Wildman–Crippen LogP) is 2.16. The lowest BCUT2D eigenvalue weighted by atomic mass is 10.1. The van der Waals surface area contributed by atoms with Gasteiger partial charge in [0.05, 0.1) is 11.6 Å². The molecule has 0 radical (unpaired) electrons. The number of amidine groups is 1. The highest BCUT2D eigenvalue weighted by molar-refractivity contribution is 7.17. The summed E-state index contributed by atoms with van der Waals surface area (Å²) in [4.78, 5) is 12.2. The van der Waals surface area contributed by atoms with E-state index in [1.54, 1.807) is 0 Å². The summed E-state index contributed by atoms with van der Waals surface area (Å²) >= 11 is 1.52. The lowest BCUT2D eigenvalue weighted by Gasteiger charge is -2.14. The molecule has 2 rings (SSSR count). The minimum atomic E-state index is -0.462. The van der Waals surface area contributed by atoms with Gasteiger partial charge in [0.15, 0.2) is 5.84 Å². The Morgan fingerprint density at radius 3 is 2.95 bits per heavy atom. The highest BCUT2D eigenvalue weighted by Gasteiger charge is 2.18. The maximum atomic E-state index is 12.2. The maximum absolute atomic E-state index is 12.2. The van der Waals surface area contributed by atoms with Crippen LogP contribution in [0.1, 0.15) is 23.7 Å². The van der Waals surface area contributed by atoms with Gasteiger partial charge >= 0.3 is 0 Å². The molecule has 0 fully saturated rings. The van der Waals surface area contributed by atoms with Crippen LogP contribution in [0.2, 0.25) is 0 Å². The van der Waals surface area contributed by atoms with E-state index in [4.69, 9.17) is 10.9 Å². The standard InChI is InChI=1S/C13H15N3O2S/c1-2-10(12(14)16-18)15-13(17)9-7-19-11-6-4-3-5-8(9)11/h3-7,10,18H,2H2,1H3,(H2,14,16)(H,15,17). The second-order valence-electron chi connectivity index (χ2n) is 4.10. The van der Waals surface area contributed by atoms with Crippen LogP contribution in [0.3, 0.4) is 0 Å². The van der Waals surface area contributed by atoms with Crippen molar-refractivity contribution in [2.24, 2.45) is 10.9 Å². The maximum Gasteiger partial charge on any atom is 0.253 e. The number of nitrogens with zero attached hydrogens (tertiary/aromatic N) is 1. The minimum absolute atomic E-state index is 0.00962. The molecule has 0 aliphatic heterocycles. The second-order valence-corrected chi connectivity index (χ2v) is 5.02. The van der Waals surface area contributed by atoms with Crippen LogP contribution in [-0.2, 0) is 0 Å². The van der Waals surface area contributed by atoms with E-state index < -0.39 is 6.04 Å². The molecule has 2 aromatic rings. The zero-order chi connectivity index (χ0) is 13.8. The highest BCUT2D eigenvalue weighted by Crippen LogP contribution is 2.25. The van der Waals surface area contributed by atoms with Gasteiger partial charge in [-0.2, -0.15) is 0 Å². The number of hydrogen-bond donors (Lipinski definition) is 3. The Hall–Kier alpha value is -2.08. The summed E-state index contributed by atoms with van der Waals surface area (Å²) in [6, 6.07) is 7.25. The molecule has 0 saturated heterocycles. The third-order valence-corrected chi connectivity index (χ3v) is 3.88. The van der Waals surface area contributed by atoms with Crippen molar-refractivity contribution in [2.75, 3.05) is 0 Å². The van der Waals surface area contributed by atoms with Gasteiger partial charge < -0.3 is 16.3 Å². The van der Waals surface area contributed by atoms with Crippen LogP contribution in [0.25, 0.3) is 10.1 Å². The van der Waals surface area contributed by atoms with E-state index >= 15 is 0 Å². The average Bonchev–Trinajstić information content (AvgIpc) is 2.87. The van der Waals surface area contributed by atoms with E-state index in [1.807, 2.05) is 36.6 Å². The topological polar surface area (TPSA) is 87.7 Å². The number of fused-ring (bicyclic) bond motifs is 1. The van der Waals surface area contributed by atoms with E-state index in [1.165, 1.54) is 11.3 Å². The van der Waals surface area contributed by atoms with E-state index in [2.05, 4.69) is 10.5 Å². The van der Waals surface area contributed by atoms with Gasteiger partial charge in [0.1, 0.15) is 0 Å². The summed E-state index contributed by atoms with van der Waals surface area (Å²) in [6.45, 7) is 1.86. The van der Waals surface area contributed by atoms with Crippen molar-refractivity contribution in [3.05, 3.63) is 35.2 Å². The Balaban J connectivity index is 2.25. The molecule has 1 atom stereocenters. The minimum Gasteiger partial charge on any atom is -0.409 e. The fourth-order valence-electron chi connectivity index (χ4n) is 1.84. The molecular formula is C13H15N3O2S. The Labute approximate surface area is 114 Å². The third-order valence-electron chi connectivity index (χ3n) is 2.91. The molecule has 0 aliphatic rings. The predicted molar refractivity (Wildman–Crippen MR) is 76.8 cm³/mol. The monoisotopic (exact) mass is 277 g/mol. The molecule has 5 nitrogen and oxygen atoms in total. The first kappa shape index (κ1) is 13.4. The number of hydrogen-bond acceptors (Lipinski definition) is 4. The van der Waals surface area contributed by atoms with Crippen LogP contribution >= 0.6 is 11.3 Å². The lowest BCUT2D eigenvalue weighted by molar-refractivity contribution is 0.0947. The number of carbonyl (C=O) groups is 1. The molecule has 19 heavy (non-hydrogen) atoms. The van der Waals surface area contributed by atoms with Crippen LogP contribution in [-0.4, -0.2) is 23.0 Å². The van der Waals surface area contributed by atoms with Gasteiger partial charge in [-0.15, -0.1) is 11.3 Å². The molecule has 6 heteroatoms. The normalized spacial score (nSPS) is 13.4. The van der Waals surface area contributed by atoms with Crippen LogP contribution < -0.4 is 11.1 Å². The molecule has 0 saturated carbocycles. The summed E-state index contributed by atoms with van der Waals surface area (Å²) in [6.07, 6.45) is 0.559. The number of carbonyl (C=O) groups excluding carboxylic acids is 1. The van der Waals surface area contributed by atoms with E-state index in [-0.39, 0.29) is 11.7 Å². The average molecular weight is 277 g/mol. The number of nitrogens with one attached hydrogen (secondary N) is 1. The first-order valence-electron chi connectivity index (χ1n) is 5.91. The number of rotatable bonds is 4. The fourth-order valence-corrected chi connectivity index (χ4v) is 2.79. The van der Waals surface area contributed by atoms with Crippen molar-refractivity contribution in [3.63, 3.8) is 0 Å². The molecule has 100 valence electrons. The molecule has 4 N–H and O–H groups in total. The first-order chi connectivity index (χ1) is 9.17. The van der Waals surface area contributed by atoms with Gasteiger partial charge in [0, 0.05) is 15.5 Å². The summed E-state index contributed by atoms with van der Waals surface area (Å²) in [5, 5.41) is 17.1. The van der Waals surface area contributed by atoms with Crippen molar-refractivity contribution in [1.82, 2.24) is 5.32 Å². The number of benzene rings is 1. The Morgan fingerprint density at radius 1 is 1.53 bits per heavy atom. The summed E-state index contributed by atoms with van der Waals surface area (Å²) < 4.78 is 1.06. The molecule has 1 amide bonds. The lowest BCUT2D eigenvalue weighted by Crippen LogP contribution is -2.44. The third kappa shape index (κ3) is 2.68. The van der Waals surface area contributed by atoms with Crippen LogP contribution in [0.15, 0.2) is 34.8 Å². The van der Waals surface area contributed by atoms with Crippen molar-refractivity contribution in [3.8, 4) is 0 Å². The number of nitrogens with two attached hydrogens (primary N) is 1. The Kier molecular flexibility index (Phi) is 4.01. The van der Waals surface area contributed by atoms with Crippen LogP contribution in [0, 0.1) is 0 Å². The summed E-state index contributed by atoms with van der Waals surface area (Å²) in [7, 11) is 0. The Morgan fingerprint density at radius 2 is 2.26 bits per heavy atom. The Bertz CT molecular complexity index is 621. The van der Waals surface area contributed by atoms with Crippen LogP contribution in [0.4, 0.5) is 0 Å². The van der Waals surface area contributed by atoms with Crippen molar-refractivity contribution < 1.29 is 10.0 Å². The SMILES string of the molecule is CCC(NC(=O)c1csc2ccccc12)/C(N)=N/O. The zero-order valence-electron chi connectivity index (χ0n) is 10.5. The molecule has 0 aliphatic carbocycles. The van der Waals surface area contributed by atoms with E-state index in [0.29, 0.717) is 12.0 Å². The molecule has 1 heterocycles. The molecule has 1 aromatic carbocycles. The van der Waals surface area contributed by atoms with Gasteiger partial charge in [-0.1, -0.05) is 30.3 Å². The smallest absolute Gasteiger partial charge is 0.253 e. The van der Waals surface area contributed by atoms with Crippen LogP contribution in [0.5, 0.6) is 0 Å². The highest BCUT2D eigenvalue weighted by atomic mass is 32.1. The quantitative estimate of drug-likeness (QED) is 0.346. The zero-order valence-corrected chi connectivity index (χ0v) is 11.3.